The zero-order chi connectivity index (χ0) is 11.4. The van der Waals surface area contributed by atoms with Crippen molar-refractivity contribution in [2.24, 2.45) is 0 Å². The van der Waals surface area contributed by atoms with Crippen molar-refractivity contribution >= 4 is 27.5 Å². The average molecular weight is 291 g/mol. The third-order valence-corrected chi connectivity index (χ3v) is 3.99. The third kappa shape index (κ3) is 3.78. The maximum absolute atomic E-state index is 5.99. The van der Waals surface area contributed by atoms with Crippen LogP contribution in [0, 0.1) is 6.92 Å². The number of hydrogen-bond donors (Lipinski definition) is 0. The first-order valence-electron chi connectivity index (χ1n) is 5.06. The molecule has 1 nitrogen and oxygen atoms in total. The van der Waals surface area contributed by atoms with Crippen molar-refractivity contribution in [2.45, 2.75) is 26.4 Å². The highest BCUT2D eigenvalue weighted by atomic mass is 79.9. The SMILES string of the molecule is Cc1cc(CN(C)C(C)CBr)ccc1Cl. The van der Waals surface area contributed by atoms with Crippen LogP contribution in [0.2, 0.25) is 5.02 Å². The van der Waals surface area contributed by atoms with E-state index in [0.29, 0.717) is 6.04 Å². The van der Waals surface area contributed by atoms with Crippen molar-refractivity contribution < 1.29 is 0 Å². The van der Waals surface area contributed by atoms with Gasteiger partial charge in [-0.15, -0.1) is 0 Å². The number of aryl methyl sites for hydroxylation is 1. The lowest BCUT2D eigenvalue weighted by molar-refractivity contribution is 0.270. The molecule has 1 aromatic rings. The summed E-state index contributed by atoms with van der Waals surface area (Å²) >= 11 is 9.48. The van der Waals surface area contributed by atoms with Crippen LogP contribution in [-0.4, -0.2) is 23.3 Å². The van der Waals surface area contributed by atoms with Crippen molar-refractivity contribution in [2.75, 3.05) is 12.4 Å². The standard InChI is InChI=1S/C12H17BrClN/c1-9-6-11(4-5-12(9)14)8-15(3)10(2)7-13/h4-6,10H,7-8H2,1-3H3. The van der Waals surface area contributed by atoms with Crippen LogP contribution in [-0.2, 0) is 6.54 Å². The molecule has 0 spiro atoms. The van der Waals surface area contributed by atoms with Gasteiger partial charge in [-0.1, -0.05) is 39.7 Å². The van der Waals surface area contributed by atoms with Crippen LogP contribution in [0.3, 0.4) is 0 Å². The van der Waals surface area contributed by atoms with Crippen molar-refractivity contribution in [3.05, 3.63) is 34.3 Å². The van der Waals surface area contributed by atoms with Crippen molar-refractivity contribution in [1.29, 1.82) is 0 Å². The summed E-state index contributed by atoms with van der Waals surface area (Å²) in [6.07, 6.45) is 0. The Morgan fingerprint density at radius 3 is 2.67 bits per heavy atom. The summed E-state index contributed by atoms with van der Waals surface area (Å²) in [5.41, 5.74) is 2.46. The van der Waals surface area contributed by atoms with Crippen LogP contribution in [0.25, 0.3) is 0 Å². The molecule has 1 aromatic carbocycles. The highest BCUT2D eigenvalue weighted by Gasteiger charge is 2.08. The second-order valence-corrected chi connectivity index (χ2v) is 5.06. The number of halogens is 2. The molecule has 0 heterocycles. The van der Waals surface area contributed by atoms with E-state index in [4.69, 9.17) is 11.6 Å². The molecule has 0 saturated carbocycles. The number of hydrogen-bond acceptors (Lipinski definition) is 1. The molecular weight excluding hydrogens is 273 g/mol. The molecule has 0 aliphatic carbocycles. The second kappa shape index (κ2) is 5.88. The molecule has 1 atom stereocenters. The lowest BCUT2D eigenvalue weighted by atomic mass is 10.1. The topological polar surface area (TPSA) is 3.24 Å². The van der Waals surface area contributed by atoms with Crippen LogP contribution < -0.4 is 0 Å². The van der Waals surface area contributed by atoms with Gasteiger partial charge >= 0.3 is 0 Å². The lowest BCUT2D eigenvalue weighted by Crippen LogP contribution is -2.29. The molecular formula is C12H17BrClN. The average Bonchev–Trinajstić information content (AvgIpc) is 2.22. The minimum absolute atomic E-state index is 0.543. The van der Waals surface area contributed by atoms with E-state index in [9.17, 15) is 0 Å². The summed E-state index contributed by atoms with van der Waals surface area (Å²) < 4.78 is 0. The van der Waals surface area contributed by atoms with E-state index in [0.717, 1.165) is 22.5 Å². The van der Waals surface area contributed by atoms with Crippen molar-refractivity contribution in [3.63, 3.8) is 0 Å². The van der Waals surface area contributed by atoms with Crippen LogP contribution in [0.5, 0.6) is 0 Å². The van der Waals surface area contributed by atoms with Gasteiger partial charge in [-0.3, -0.25) is 4.90 Å². The lowest BCUT2D eigenvalue weighted by Gasteiger charge is -2.23. The summed E-state index contributed by atoms with van der Waals surface area (Å²) in [6, 6.07) is 6.76. The molecule has 0 amide bonds. The first kappa shape index (κ1) is 13.0. The van der Waals surface area contributed by atoms with E-state index in [1.807, 2.05) is 13.0 Å². The Morgan fingerprint density at radius 1 is 1.47 bits per heavy atom. The largest absolute Gasteiger partial charge is 0.299 e. The van der Waals surface area contributed by atoms with E-state index in [1.165, 1.54) is 5.56 Å². The van der Waals surface area contributed by atoms with Gasteiger partial charge in [0.2, 0.25) is 0 Å². The highest BCUT2D eigenvalue weighted by Crippen LogP contribution is 2.17. The van der Waals surface area contributed by atoms with Gasteiger partial charge in [-0.25, -0.2) is 0 Å². The van der Waals surface area contributed by atoms with Crippen LogP contribution in [0.1, 0.15) is 18.1 Å². The molecule has 84 valence electrons. The normalized spacial score (nSPS) is 13.2. The van der Waals surface area contributed by atoms with Gasteiger partial charge in [0.25, 0.3) is 0 Å². The molecule has 0 aliphatic rings. The summed E-state index contributed by atoms with van der Waals surface area (Å²) in [6.45, 7) is 5.21. The van der Waals surface area contributed by atoms with Crippen molar-refractivity contribution in [3.8, 4) is 0 Å². The smallest absolute Gasteiger partial charge is 0.0435 e. The molecule has 15 heavy (non-hydrogen) atoms. The van der Waals surface area contributed by atoms with Gasteiger partial charge < -0.3 is 0 Å². The minimum Gasteiger partial charge on any atom is -0.299 e. The molecule has 1 rings (SSSR count). The number of benzene rings is 1. The molecule has 0 N–H and O–H groups in total. The van der Waals surface area contributed by atoms with Gasteiger partial charge in [0.05, 0.1) is 0 Å². The summed E-state index contributed by atoms with van der Waals surface area (Å²) in [5.74, 6) is 0. The monoisotopic (exact) mass is 289 g/mol. The number of rotatable bonds is 4. The first-order chi connectivity index (χ1) is 7.04. The van der Waals surface area contributed by atoms with Crippen molar-refractivity contribution in [1.82, 2.24) is 4.90 Å². The summed E-state index contributed by atoms with van der Waals surface area (Å²) in [5, 5.41) is 1.84. The Morgan fingerprint density at radius 2 is 2.13 bits per heavy atom. The van der Waals surface area contributed by atoms with Crippen LogP contribution in [0.15, 0.2) is 18.2 Å². The van der Waals surface area contributed by atoms with Gasteiger partial charge in [0.1, 0.15) is 0 Å². The fourth-order valence-electron chi connectivity index (χ4n) is 1.37. The third-order valence-electron chi connectivity index (χ3n) is 2.63. The van der Waals surface area contributed by atoms with Gasteiger partial charge in [-0.2, -0.15) is 0 Å². The van der Waals surface area contributed by atoms with E-state index in [1.54, 1.807) is 0 Å². The quantitative estimate of drug-likeness (QED) is 0.761. The first-order valence-corrected chi connectivity index (χ1v) is 6.55. The second-order valence-electron chi connectivity index (χ2n) is 4.00. The highest BCUT2D eigenvalue weighted by molar-refractivity contribution is 9.09. The molecule has 0 fully saturated rings. The Labute approximate surface area is 106 Å². The molecule has 0 aromatic heterocycles. The molecule has 1 unspecified atom stereocenters. The fraction of sp³-hybridized carbons (Fsp3) is 0.500. The Kier molecular flexibility index (Phi) is 5.10. The predicted octanol–water partition coefficient (Wildman–Crippen LogP) is 3.86. The Hall–Kier alpha value is -0.0500. The molecule has 0 radical (unpaired) electrons. The van der Waals surface area contributed by atoms with E-state index < -0.39 is 0 Å². The fourth-order valence-corrected chi connectivity index (χ4v) is 1.98. The molecule has 3 heteroatoms. The van der Waals surface area contributed by atoms with Crippen LogP contribution in [0.4, 0.5) is 0 Å². The number of nitrogens with zero attached hydrogens (tertiary/aromatic N) is 1. The van der Waals surface area contributed by atoms with Crippen LogP contribution >= 0.6 is 27.5 Å². The van der Waals surface area contributed by atoms with E-state index in [-0.39, 0.29) is 0 Å². The Bertz CT molecular complexity index is 327. The van der Waals surface area contributed by atoms with E-state index in [2.05, 4.69) is 46.9 Å². The zero-order valence-corrected chi connectivity index (χ0v) is 11.8. The Balaban J connectivity index is 2.68. The number of alkyl halides is 1. The maximum atomic E-state index is 5.99. The maximum Gasteiger partial charge on any atom is 0.0435 e. The van der Waals surface area contributed by atoms with E-state index >= 15 is 0 Å². The van der Waals surface area contributed by atoms with Gasteiger partial charge in [0.15, 0.2) is 0 Å². The van der Waals surface area contributed by atoms with Gasteiger partial charge in [0, 0.05) is 22.9 Å². The van der Waals surface area contributed by atoms with Gasteiger partial charge in [-0.05, 0) is 38.1 Å². The summed E-state index contributed by atoms with van der Waals surface area (Å²) in [4.78, 5) is 2.32. The zero-order valence-electron chi connectivity index (χ0n) is 9.43. The molecule has 0 bridgehead atoms. The molecule has 0 aliphatic heterocycles. The molecule has 0 saturated heterocycles. The predicted molar refractivity (Wildman–Crippen MR) is 70.9 cm³/mol. The minimum atomic E-state index is 0.543. The summed E-state index contributed by atoms with van der Waals surface area (Å²) in [7, 11) is 2.13.